The van der Waals surface area contributed by atoms with E-state index in [2.05, 4.69) is 36.1 Å². The van der Waals surface area contributed by atoms with Crippen molar-refractivity contribution < 1.29 is 4.39 Å². The molecule has 0 N–H and O–H groups in total. The molecule has 1 fully saturated rings. The number of halogens is 1. The summed E-state index contributed by atoms with van der Waals surface area (Å²) in [6.07, 6.45) is 3.39. The third-order valence-corrected chi connectivity index (χ3v) is 4.41. The molecule has 0 aliphatic carbocycles. The van der Waals surface area contributed by atoms with Crippen LogP contribution in [0, 0.1) is 5.82 Å². The highest BCUT2D eigenvalue weighted by atomic mass is 19.1. The van der Waals surface area contributed by atoms with Crippen LogP contribution in [-0.2, 0) is 13.0 Å². The Labute approximate surface area is 126 Å². The molecule has 1 atom stereocenters. The van der Waals surface area contributed by atoms with Crippen molar-refractivity contribution >= 4 is 0 Å². The van der Waals surface area contributed by atoms with Gasteiger partial charge < -0.3 is 0 Å². The summed E-state index contributed by atoms with van der Waals surface area (Å²) in [7, 11) is 0. The summed E-state index contributed by atoms with van der Waals surface area (Å²) in [4.78, 5) is 2.47. The molecule has 21 heavy (non-hydrogen) atoms. The number of benzene rings is 2. The summed E-state index contributed by atoms with van der Waals surface area (Å²) in [6, 6.07) is 16.3. The van der Waals surface area contributed by atoms with Crippen molar-refractivity contribution in [2.75, 3.05) is 6.54 Å². The minimum Gasteiger partial charge on any atom is -0.292 e. The van der Waals surface area contributed by atoms with Gasteiger partial charge in [0.2, 0.25) is 0 Å². The largest absolute Gasteiger partial charge is 0.292 e. The Morgan fingerprint density at radius 2 is 1.86 bits per heavy atom. The summed E-state index contributed by atoms with van der Waals surface area (Å²) >= 11 is 0. The van der Waals surface area contributed by atoms with Gasteiger partial charge in [-0.3, -0.25) is 4.90 Å². The van der Waals surface area contributed by atoms with Crippen LogP contribution in [0.5, 0.6) is 0 Å². The third kappa shape index (κ3) is 3.33. The summed E-state index contributed by atoms with van der Waals surface area (Å²) < 4.78 is 13.4. The van der Waals surface area contributed by atoms with E-state index < -0.39 is 0 Å². The maximum Gasteiger partial charge on any atom is 0.123 e. The number of likely N-dealkylation sites (tertiary alicyclic amines) is 1. The Morgan fingerprint density at radius 1 is 1.10 bits per heavy atom. The molecule has 2 aromatic rings. The summed E-state index contributed by atoms with van der Waals surface area (Å²) in [5.74, 6) is -0.133. The molecule has 0 radical (unpaired) electrons. The van der Waals surface area contributed by atoms with E-state index in [1.54, 1.807) is 6.07 Å². The lowest BCUT2D eigenvalue weighted by atomic mass is 10.0. The molecule has 0 spiro atoms. The van der Waals surface area contributed by atoms with Crippen LogP contribution < -0.4 is 0 Å². The van der Waals surface area contributed by atoms with Gasteiger partial charge in [-0.15, -0.1) is 0 Å². The first kappa shape index (κ1) is 14.3. The Bertz CT molecular complexity index is 591. The lowest BCUT2D eigenvalue weighted by Crippen LogP contribution is -2.22. The Hall–Kier alpha value is -1.67. The van der Waals surface area contributed by atoms with Crippen molar-refractivity contribution in [2.45, 2.75) is 38.8 Å². The van der Waals surface area contributed by atoms with Gasteiger partial charge >= 0.3 is 0 Å². The van der Waals surface area contributed by atoms with Gasteiger partial charge in [0, 0.05) is 12.6 Å². The highest BCUT2D eigenvalue weighted by Crippen LogP contribution is 2.33. The van der Waals surface area contributed by atoms with Crippen LogP contribution in [0.3, 0.4) is 0 Å². The van der Waals surface area contributed by atoms with Crippen molar-refractivity contribution in [3.63, 3.8) is 0 Å². The van der Waals surface area contributed by atoms with Crippen LogP contribution in [0.25, 0.3) is 0 Å². The Kier molecular flexibility index (Phi) is 4.35. The molecular formula is C19H22FN. The zero-order valence-corrected chi connectivity index (χ0v) is 12.6. The number of aryl methyl sites for hydroxylation is 1. The number of hydrogen-bond acceptors (Lipinski definition) is 1. The van der Waals surface area contributed by atoms with Crippen molar-refractivity contribution in [3.05, 3.63) is 71.0 Å². The molecule has 1 heterocycles. The molecule has 0 aromatic heterocycles. The molecule has 2 heteroatoms. The van der Waals surface area contributed by atoms with Crippen molar-refractivity contribution in [1.82, 2.24) is 4.90 Å². The minimum atomic E-state index is -0.133. The molecular weight excluding hydrogens is 261 g/mol. The van der Waals surface area contributed by atoms with Crippen molar-refractivity contribution in [2.24, 2.45) is 0 Å². The molecule has 0 saturated carbocycles. The summed E-state index contributed by atoms with van der Waals surface area (Å²) in [5, 5.41) is 0. The molecule has 110 valence electrons. The normalized spacial score (nSPS) is 19.0. The van der Waals surface area contributed by atoms with Gasteiger partial charge in [0.25, 0.3) is 0 Å². The van der Waals surface area contributed by atoms with E-state index in [4.69, 9.17) is 0 Å². The van der Waals surface area contributed by atoms with Crippen LogP contribution >= 0.6 is 0 Å². The van der Waals surface area contributed by atoms with Gasteiger partial charge in [0.1, 0.15) is 5.82 Å². The van der Waals surface area contributed by atoms with Crippen LogP contribution in [0.4, 0.5) is 4.39 Å². The molecule has 1 aliphatic heterocycles. The van der Waals surface area contributed by atoms with E-state index >= 15 is 0 Å². The smallest absolute Gasteiger partial charge is 0.123 e. The molecule has 0 bridgehead atoms. The molecule has 1 aliphatic rings. The maximum absolute atomic E-state index is 13.4. The molecule has 3 rings (SSSR count). The van der Waals surface area contributed by atoms with Gasteiger partial charge in [-0.25, -0.2) is 4.39 Å². The van der Waals surface area contributed by atoms with E-state index in [-0.39, 0.29) is 5.82 Å². The quantitative estimate of drug-likeness (QED) is 0.784. The second kappa shape index (κ2) is 6.40. The van der Waals surface area contributed by atoms with Gasteiger partial charge in [-0.2, -0.15) is 0 Å². The minimum absolute atomic E-state index is 0.133. The van der Waals surface area contributed by atoms with Crippen LogP contribution in [0.2, 0.25) is 0 Å². The molecule has 1 unspecified atom stereocenters. The second-order valence-corrected chi connectivity index (χ2v) is 5.85. The maximum atomic E-state index is 13.4. The van der Waals surface area contributed by atoms with Gasteiger partial charge in [-0.05, 0) is 54.6 Å². The van der Waals surface area contributed by atoms with Crippen LogP contribution in [0.15, 0.2) is 48.5 Å². The predicted octanol–water partition coefficient (Wildman–Crippen LogP) is 4.73. The molecule has 1 saturated heterocycles. The SMILES string of the molecule is CCc1ccc(CN2CCCC2c2cccc(F)c2)cc1. The van der Waals surface area contributed by atoms with E-state index in [1.807, 2.05) is 12.1 Å². The zero-order chi connectivity index (χ0) is 14.7. The van der Waals surface area contributed by atoms with Gasteiger partial charge in [0.05, 0.1) is 0 Å². The highest BCUT2D eigenvalue weighted by Gasteiger charge is 2.26. The second-order valence-electron chi connectivity index (χ2n) is 5.85. The first-order chi connectivity index (χ1) is 10.3. The molecule has 1 nitrogen and oxygen atoms in total. The fraction of sp³-hybridized carbons (Fsp3) is 0.368. The lowest BCUT2D eigenvalue weighted by Gasteiger charge is -2.25. The van der Waals surface area contributed by atoms with Crippen LogP contribution in [-0.4, -0.2) is 11.4 Å². The van der Waals surface area contributed by atoms with E-state index in [0.717, 1.165) is 31.5 Å². The topological polar surface area (TPSA) is 3.24 Å². The highest BCUT2D eigenvalue weighted by molar-refractivity contribution is 5.24. The fourth-order valence-electron chi connectivity index (χ4n) is 3.22. The third-order valence-electron chi connectivity index (χ3n) is 4.41. The van der Waals surface area contributed by atoms with E-state index in [1.165, 1.54) is 23.6 Å². The zero-order valence-electron chi connectivity index (χ0n) is 12.6. The fourth-order valence-corrected chi connectivity index (χ4v) is 3.22. The first-order valence-electron chi connectivity index (χ1n) is 7.83. The average Bonchev–Trinajstić information content (AvgIpc) is 2.96. The number of rotatable bonds is 4. The van der Waals surface area contributed by atoms with Crippen molar-refractivity contribution in [1.29, 1.82) is 0 Å². The summed E-state index contributed by atoms with van der Waals surface area (Å²) in [5.41, 5.74) is 3.83. The van der Waals surface area contributed by atoms with Gasteiger partial charge in [-0.1, -0.05) is 43.3 Å². The molecule has 2 aromatic carbocycles. The first-order valence-corrected chi connectivity index (χ1v) is 7.83. The van der Waals surface area contributed by atoms with E-state index in [0.29, 0.717) is 6.04 Å². The standard InChI is InChI=1S/C19H22FN/c1-2-15-8-10-16(11-9-15)14-21-12-4-7-19(21)17-5-3-6-18(20)13-17/h3,5-6,8-11,13,19H,2,4,7,12,14H2,1H3. The lowest BCUT2D eigenvalue weighted by molar-refractivity contribution is 0.248. The van der Waals surface area contributed by atoms with Gasteiger partial charge in [0.15, 0.2) is 0 Å². The average molecular weight is 283 g/mol. The monoisotopic (exact) mass is 283 g/mol. The predicted molar refractivity (Wildman–Crippen MR) is 84.6 cm³/mol. The summed E-state index contributed by atoms with van der Waals surface area (Å²) in [6.45, 7) is 4.22. The number of hydrogen-bond donors (Lipinski definition) is 0. The van der Waals surface area contributed by atoms with Crippen LogP contribution in [0.1, 0.15) is 42.5 Å². The molecule has 0 amide bonds. The number of nitrogens with zero attached hydrogens (tertiary/aromatic N) is 1. The Morgan fingerprint density at radius 3 is 2.57 bits per heavy atom. The van der Waals surface area contributed by atoms with Crippen molar-refractivity contribution in [3.8, 4) is 0 Å². The van der Waals surface area contributed by atoms with E-state index in [9.17, 15) is 4.39 Å². The Balaban J connectivity index is 1.74.